The van der Waals surface area contributed by atoms with Crippen molar-refractivity contribution in [1.82, 2.24) is 24.8 Å². The minimum Gasteiger partial charge on any atom is -0.368 e. The van der Waals surface area contributed by atoms with Crippen LogP contribution >= 0.6 is 11.3 Å². The van der Waals surface area contributed by atoms with Crippen molar-refractivity contribution in [1.29, 1.82) is 0 Å². The van der Waals surface area contributed by atoms with E-state index in [1.165, 1.54) is 0 Å². The molecule has 13 heteroatoms. The quantitative estimate of drug-likeness (QED) is 0.661. The molecule has 6 nitrogen and oxygen atoms in total. The highest BCUT2D eigenvalue weighted by atomic mass is 32.1. The number of halogens is 6. The summed E-state index contributed by atoms with van der Waals surface area (Å²) in [5.41, 5.74) is 0.0522. The molecule has 0 saturated carbocycles. The molecule has 1 N–H and O–H groups in total. The molecule has 0 spiro atoms. The molecule has 0 atom stereocenters. The van der Waals surface area contributed by atoms with Crippen molar-refractivity contribution in [2.24, 2.45) is 0 Å². The maximum absolute atomic E-state index is 13.0. The molecule has 0 unspecified atom stereocenters. The van der Waals surface area contributed by atoms with Gasteiger partial charge < -0.3 is 5.32 Å². The lowest BCUT2D eigenvalue weighted by atomic mass is 10.2. The molecule has 0 saturated heterocycles. The normalized spacial score (nSPS) is 12.7. The van der Waals surface area contributed by atoms with Crippen molar-refractivity contribution in [3.05, 3.63) is 33.0 Å². The van der Waals surface area contributed by atoms with Gasteiger partial charge in [0.1, 0.15) is 5.82 Å². The van der Waals surface area contributed by atoms with E-state index in [4.69, 9.17) is 0 Å². The first-order chi connectivity index (χ1) is 12.5. The molecule has 0 amide bonds. The smallest absolute Gasteiger partial charge is 0.368 e. The summed E-state index contributed by atoms with van der Waals surface area (Å²) in [4.78, 5) is 3.50. The van der Waals surface area contributed by atoms with Crippen LogP contribution < -0.4 is 5.32 Å². The number of thiazole rings is 1. The van der Waals surface area contributed by atoms with Crippen LogP contribution in [-0.4, -0.2) is 31.3 Å². The van der Waals surface area contributed by atoms with Gasteiger partial charge in [-0.05, 0) is 19.4 Å². The second kappa shape index (κ2) is 6.62. The molecule has 0 radical (unpaired) electrons. The summed E-state index contributed by atoms with van der Waals surface area (Å²) >= 11 is 0.863. The third kappa shape index (κ3) is 3.82. The molecule has 3 rings (SSSR count). The Morgan fingerprint density at radius 3 is 2.33 bits per heavy atom. The van der Waals surface area contributed by atoms with Crippen molar-refractivity contribution in [2.45, 2.75) is 32.6 Å². The van der Waals surface area contributed by atoms with Crippen molar-refractivity contribution >= 4 is 22.8 Å². The lowest BCUT2D eigenvalue weighted by Gasteiger charge is -2.12. The van der Waals surface area contributed by atoms with Crippen LogP contribution in [0.3, 0.4) is 0 Å². The Kier molecular flexibility index (Phi) is 4.74. The van der Waals surface area contributed by atoms with E-state index < -0.39 is 23.9 Å². The average Bonchev–Trinajstić information content (AvgIpc) is 3.17. The fourth-order valence-corrected chi connectivity index (χ4v) is 3.12. The number of nitrogens with one attached hydrogen (secondary N) is 1. The van der Waals surface area contributed by atoms with Gasteiger partial charge in [-0.15, -0.1) is 26.6 Å². The van der Waals surface area contributed by atoms with Gasteiger partial charge in [-0.25, -0.2) is 4.98 Å². The van der Waals surface area contributed by atoms with Crippen LogP contribution in [-0.2, 0) is 18.8 Å². The number of alkyl halides is 6. The molecule has 0 aliphatic carbocycles. The lowest BCUT2D eigenvalue weighted by molar-refractivity contribution is -0.146. The average molecular weight is 410 g/mol. The zero-order valence-corrected chi connectivity index (χ0v) is 14.7. The van der Waals surface area contributed by atoms with Crippen LogP contribution in [0.25, 0.3) is 5.65 Å². The molecule has 0 aromatic carbocycles. The molecule has 3 aromatic heterocycles. The second-order valence-electron chi connectivity index (χ2n) is 5.66. The van der Waals surface area contributed by atoms with Gasteiger partial charge in [0.25, 0.3) is 5.82 Å². The maximum Gasteiger partial charge on any atom is 0.453 e. The van der Waals surface area contributed by atoms with Gasteiger partial charge in [0, 0.05) is 23.9 Å². The van der Waals surface area contributed by atoms with Gasteiger partial charge in [0.15, 0.2) is 11.3 Å². The summed E-state index contributed by atoms with van der Waals surface area (Å²) in [5.74, 6) is -1.09. The minimum absolute atomic E-state index is 0.0138. The van der Waals surface area contributed by atoms with Gasteiger partial charge in [0.05, 0.1) is 5.01 Å². The van der Waals surface area contributed by atoms with Crippen LogP contribution in [0.5, 0.6) is 0 Å². The van der Waals surface area contributed by atoms with Crippen molar-refractivity contribution in [3.8, 4) is 0 Å². The molecule has 146 valence electrons. The van der Waals surface area contributed by atoms with E-state index in [0.717, 1.165) is 16.7 Å². The Balaban J connectivity index is 1.80. The largest absolute Gasteiger partial charge is 0.453 e. The lowest BCUT2D eigenvalue weighted by Crippen LogP contribution is -2.16. The predicted octanol–water partition coefficient (Wildman–Crippen LogP) is 3.89. The molecule has 0 bridgehead atoms. The molecule has 0 fully saturated rings. The fraction of sp³-hybridized carbons (Fsp3) is 0.429. The zero-order chi connectivity index (χ0) is 20.0. The molecule has 0 aliphatic heterocycles. The topological polar surface area (TPSA) is 68.0 Å². The number of fused-ring (bicyclic) bond motifs is 1. The van der Waals surface area contributed by atoms with Crippen molar-refractivity contribution in [2.75, 3.05) is 11.9 Å². The minimum atomic E-state index is -4.72. The predicted molar refractivity (Wildman–Crippen MR) is 84.6 cm³/mol. The Bertz CT molecular complexity index is 973. The van der Waals surface area contributed by atoms with Crippen LogP contribution in [0.15, 0.2) is 5.38 Å². The summed E-state index contributed by atoms with van der Waals surface area (Å²) in [6.07, 6.45) is -9.07. The molecule has 27 heavy (non-hydrogen) atoms. The molecule has 0 aliphatic rings. The van der Waals surface area contributed by atoms with Crippen LogP contribution in [0.1, 0.15) is 27.7 Å². The van der Waals surface area contributed by atoms with E-state index in [2.05, 4.69) is 25.6 Å². The summed E-state index contributed by atoms with van der Waals surface area (Å²) in [5, 5.41) is 14.6. The van der Waals surface area contributed by atoms with Gasteiger partial charge in [0.2, 0.25) is 0 Å². The number of rotatable bonds is 4. The van der Waals surface area contributed by atoms with E-state index in [9.17, 15) is 26.3 Å². The fourth-order valence-electron chi connectivity index (χ4n) is 2.32. The van der Waals surface area contributed by atoms with Crippen molar-refractivity contribution in [3.63, 3.8) is 0 Å². The highest BCUT2D eigenvalue weighted by Crippen LogP contribution is 2.31. The standard InChI is InChI=1S/C14H12F6N6S/c1-6-7(2)11-23-24-12(14(18,19)20)26(11)25-10(6)21-4-3-9-22-8(5-27-9)13(15,16)17/h5H,3-4H2,1-2H3,(H,21,25). The van der Waals surface area contributed by atoms with E-state index >= 15 is 0 Å². The Labute approximate surface area is 152 Å². The first-order valence-electron chi connectivity index (χ1n) is 7.53. The van der Waals surface area contributed by atoms with E-state index in [1.807, 2.05) is 0 Å². The van der Waals surface area contributed by atoms with Gasteiger partial charge >= 0.3 is 12.4 Å². The van der Waals surface area contributed by atoms with Gasteiger partial charge in [-0.3, -0.25) is 0 Å². The third-order valence-corrected chi connectivity index (χ3v) is 4.73. The van der Waals surface area contributed by atoms with Gasteiger partial charge in [-0.1, -0.05) is 0 Å². The highest BCUT2D eigenvalue weighted by molar-refractivity contribution is 7.09. The third-order valence-electron chi connectivity index (χ3n) is 3.82. The molecule has 3 aromatic rings. The van der Waals surface area contributed by atoms with Crippen LogP contribution in [0, 0.1) is 13.8 Å². The number of anilines is 1. The summed E-state index contributed by atoms with van der Waals surface area (Å²) in [6, 6.07) is 0. The highest BCUT2D eigenvalue weighted by Gasteiger charge is 2.38. The first kappa shape index (κ1) is 19.3. The summed E-state index contributed by atoms with van der Waals surface area (Å²) in [7, 11) is 0. The number of hydrogen-bond donors (Lipinski definition) is 1. The first-order valence-corrected chi connectivity index (χ1v) is 8.41. The Morgan fingerprint density at radius 2 is 1.74 bits per heavy atom. The number of nitrogens with zero attached hydrogens (tertiary/aromatic N) is 5. The van der Waals surface area contributed by atoms with E-state index in [1.54, 1.807) is 13.8 Å². The van der Waals surface area contributed by atoms with E-state index in [0.29, 0.717) is 15.6 Å². The van der Waals surface area contributed by atoms with Crippen LogP contribution in [0.4, 0.5) is 32.2 Å². The van der Waals surface area contributed by atoms with Crippen LogP contribution in [0.2, 0.25) is 0 Å². The maximum atomic E-state index is 13.0. The molecular weight excluding hydrogens is 398 g/mol. The van der Waals surface area contributed by atoms with E-state index in [-0.39, 0.29) is 29.4 Å². The van der Waals surface area contributed by atoms with Gasteiger partial charge in [-0.2, -0.15) is 30.9 Å². The Hall–Kier alpha value is -2.44. The summed E-state index contributed by atoms with van der Waals surface area (Å²) < 4.78 is 77.3. The molecular formula is C14H12F6N6S. The second-order valence-corrected chi connectivity index (χ2v) is 6.60. The number of aryl methyl sites for hydroxylation is 1. The monoisotopic (exact) mass is 410 g/mol. The zero-order valence-electron chi connectivity index (χ0n) is 13.9. The Morgan fingerprint density at radius 1 is 1.04 bits per heavy atom. The number of hydrogen-bond acceptors (Lipinski definition) is 6. The number of aromatic nitrogens is 5. The SMILES string of the molecule is Cc1c(NCCc2nc(C(F)(F)F)cs2)nn2c(C(F)(F)F)nnc2c1C. The molecule has 3 heterocycles. The summed E-state index contributed by atoms with van der Waals surface area (Å²) in [6.45, 7) is 3.38. The van der Waals surface area contributed by atoms with Crippen molar-refractivity contribution < 1.29 is 26.3 Å².